The van der Waals surface area contributed by atoms with Crippen LogP contribution in [0.1, 0.15) is 28.8 Å². The van der Waals surface area contributed by atoms with Crippen molar-refractivity contribution < 1.29 is 4.79 Å². The molecular formula is C12H15NOS. The first kappa shape index (κ1) is 10.6. The van der Waals surface area contributed by atoms with E-state index in [0.717, 1.165) is 24.2 Å². The first-order valence-electron chi connectivity index (χ1n) is 5.18. The molecule has 1 amide bonds. The molecule has 0 unspecified atom stereocenters. The Kier molecular flexibility index (Phi) is 3.31. The summed E-state index contributed by atoms with van der Waals surface area (Å²) in [6.07, 6.45) is 4.34. The fourth-order valence-corrected chi connectivity index (χ4v) is 1.98. The second-order valence-corrected chi connectivity index (χ2v) is 4.75. The van der Waals surface area contributed by atoms with Crippen molar-refractivity contribution in [3.63, 3.8) is 0 Å². The lowest BCUT2D eigenvalue weighted by molar-refractivity contribution is 0.0951. The Hall–Kier alpha value is -0.960. The Morgan fingerprint density at radius 3 is 3.00 bits per heavy atom. The fourth-order valence-electron chi connectivity index (χ4n) is 1.47. The Morgan fingerprint density at radius 1 is 1.53 bits per heavy atom. The highest BCUT2D eigenvalue weighted by Crippen LogP contribution is 2.19. The van der Waals surface area contributed by atoms with Gasteiger partial charge in [0, 0.05) is 17.4 Å². The standard InChI is InChI=1S/C12H15NOS/c1-15-8-9-3-2-4-10(7-9)12(14)13-11-5-6-11/h2-4,7,11H,5-6,8H2,1H3,(H,13,14). The third-order valence-electron chi connectivity index (χ3n) is 2.41. The molecule has 1 fully saturated rings. The average molecular weight is 221 g/mol. The maximum absolute atomic E-state index is 11.7. The van der Waals surface area contributed by atoms with Gasteiger partial charge >= 0.3 is 0 Å². The number of benzene rings is 1. The smallest absolute Gasteiger partial charge is 0.251 e. The van der Waals surface area contributed by atoms with Crippen molar-refractivity contribution in [2.75, 3.05) is 6.26 Å². The number of nitrogens with one attached hydrogen (secondary N) is 1. The van der Waals surface area contributed by atoms with Crippen molar-refractivity contribution >= 4 is 17.7 Å². The van der Waals surface area contributed by atoms with Crippen LogP contribution in [-0.4, -0.2) is 18.2 Å². The second kappa shape index (κ2) is 4.71. The molecule has 80 valence electrons. The van der Waals surface area contributed by atoms with Crippen LogP contribution in [0.3, 0.4) is 0 Å². The molecule has 0 bridgehead atoms. The first-order valence-corrected chi connectivity index (χ1v) is 6.57. The van der Waals surface area contributed by atoms with Gasteiger partial charge in [0.2, 0.25) is 0 Å². The van der Waals surface area contributed by atoms with Gasteiger partial charge in [0.05, 0.1) is 0 Å². The summed E-state index contributed by atoms with van der Waals surface area (Å²) in [5.74, 6) is 1.03. The third-order valence-corrected chi connectivity index (χ3v) is 3.03. The molecule has 0 atom stereocenters. The van der Waals surface area contributed by atoms with E-state index < -0.39 is 0 Å². The quantitative estimate of drug-likeness (QED) is 0.846. The van der Waals surface area contributed by atoms with Crippen molar-refractivity contribution in [2.24, 2.45) is 0 Å². The molecule has 1 saturated carbocycles. The zero-order valence-corrected chi connectivity index (χ0v) is 9.64. The lowest BCUT2D eigenvalue weighted by Crippen LogP contribution is -2.25. The van der Waals surface area contributed by atoms with Crippen LogP contribution >= 0.6 is 11.8 Å². The topological polar surface area (TPSA) is 29.1 Å². The van der Waals surface area contributed by atoms with Gasteiger partial charge in [-0.05, 0) is 36.8 Å². The lowest BCUT2D eigenvalue weighted by atomic mass is 10.1. The molecule has 3 heteroatoms. The van der Waals surface area contributed by atoms with Gasteiger partial charge in [-0.15, -0.1) is 0 Å². The van der Waals surface area contributed by atoms with Crippen molar-refractivity contribution in [3.8, 4) is 0 Å². The SMILES string of the molecule is CSCc1cccc(C(=O)NC2CC2)c1. The monoisotopic (exact) mass is 221 g/mol. The van der Waals surface area contributed by atoms with Gasteiger partial charge in [-0.2, -0.15) is 11.8 Å². The predicted molar refractivity (Wildman–Crippen MR) is 64.1 cm³/mol. The Balaban J connectivity index is 2.05. The molecule has 1 N–H and O–H groups in total. The van der Waals surface area contributed by atoms with E-state index >= 15 is 0 Å². The molecule has 0 aromatic heterocycles. The Morgan fingerprint density at radius 2 is 2.33 bits per heavy atom. The van der Waals surface area contributed by atoms with E-state index in [1.807, 2.05) is 18.2 Å². The molecule has 2 rings (SSSR count). The molecule has 1 aliphatic rings. The van der Waals surface area contributed by atoms with Crippen LogP contribution in [0.15, 0.2) is 24.3 Å². The van der Waals surface area contributed by atoms with Crippen LogP contribution in [-0.2, 0) is 5.75 Å². The number of carbonyl (C=O) groups excluding carboxylic acids is 1. The zero-order valence-electron chi connectivity index (χ0n) is 8.82. The van der Waals surface area contributed by atoms with Gasteiger partial charge in [0.25, 0.3) is 5.91 Å². The summed E-state index contributed by atoms with van der Waals surface area (Å²) in [7, 11) is 0. The highest BCUT2D eigenvalue weighted by molar-refractivity contribution is 7.97. The summed E-state index contributed by atoms with van der Waals surface area (Å²) in [6.45, 7) is 0. The van der Waals surface area contributed by atoms with Crippen molar-refractivity contribution in [1.82, 2.24) is 5.32 Å². The molecule has 15 heavy (non-hydrogen) atoms. The normalized spacial score (nSPS) is 15.0. The van der Waals surface area contributed by atoms with Crippen molar-refractivity contribution in [3.05, 3.63) is 35.4 Å². The lowest BCUT2D eigenvalue weighted by Gasteiger charge is -2.05. The number of thioether (sulfide) groups is 1. The summed E-state index contributed by atoms with van der Waals surface area (Å²) in [5.41, 5.74) is 2.00. The van der Waals surface area contributed by atoms with Crippen LogP contribution < -0.4 is 5.32 Å². The van der Waals surface area contributed by atoms with Crippen LogP contribution in [0.25, 0.3) is 0 Å². The number of rotatable bonds is 4. The molecule has 1 aromatic rings. The molecule has 2 nitrogen and oxygen atoms in total. The van der Waals surface area contributed by atoms with Crippen LogP contribution in [0, 0.1) is 0 Å². The van der Waals surface area contributed by atoms with Gasteiger partial charge in [0.15, 0.2) is 0 Å². The summed E-state index contributed by atoms with van der Waals surface area (Å²) in [6, 6.07) is 8.30. The summed E-state index contributed by atoms with van der Waals surface area (Å²) >= 11 is 1.77. The zero-order chi connectivity index (χ0) is 10.7. The summed E-state index contributed by atoms with van der Waals surface area (Å²) in [4.78, 5) is 11.7. The van der Waals surface area contributed by atoms with Crippen molar-refractivity contribution in [2.45, 2.75) is 24.6 Å². The fraction of sp³-hybridized carbons (Fsp3) is 0.417. The molecule has 1 aliphatic carbocycles. The van der Waals surface area contributed by atoms with E-state index in [0.29, 0.717) is 6.04 Å². The predicted octanol–water partition coefficient (Wildman–Crippen LogP) is 2.44. The van der Waals surface area contributed by atoms with Crippen LogP contribution in [0.2, 0.25) is 0 Å². The molecule has 0 aliphatic heterocycles. The Labute approximate surface area is 94.4 Å². The van der Waals surface area contributed by atoms with E-state index in [2.05, 4.69) is 17.6 Å². The molecular weight excluding hydrogens is 206 g/mol. The summed E-state index contributed by atoms with van der Waals surface area (Å²) in [5, 5.41) is 2.99. The molecule has 1 aromatic carbocycles. The number of hydrogen-bond acceptors (Lipinski definition) is 2. The molecule has 0 spiro atoms. The third kappa shape index (κ3) is 2.99. The minimum Gasteiger partial charge on any atom is -0.349 e. The first-order chi connectivity index (χ1) is 7.29. The van der Waals surface area contributed by atoms with Gasteiger partial charge in [0.1, 0.15) is 0 Å². The molecule has 0 radical (unpaired) electrons. The van der Waals surface area contributed by atoms with E-state index in [1.54, 1.807) is 11.8 Å². The van der Waals surface area contributed by atoms with Crippen LogP contribution in [0.4, 0.5) is 0 Å². The minimum atomic E-state index is 0.0699. The van der Waals surface area contributed by atoms with Gasteiger partial charge in [-0.1, -0.05) is 12.1 Å². The summed E-state index contributed by atoms with van der Waals surface area (Å²) < 4.78 is 0. The second-order valence-electron chi connectivity index (χ2n) is 3.88. The van der Waals surface area contributed by atoms with E-state index in [4.69, 9.17) is 0 Å². The van der Waals surface area contributed by atoms with E-state index in [1.165, 1.54) is 5.56 Å². The highest BCUT2D eigenvalue weighted by Gasteiger charge is 2.23. The number of hydrogen-bond donors (Lipinski definition) is 1. The maximum atomic E-state index is 11.7. The van der Waals surface area contributed by atoms with E-state index in [-0.39, 0.29) is 5.91 Å². The van der Waals surface area contributed by atoms with Gasteiger partial charge < -0.3 is 5.32 Å². The Bertz CT molecular complexity index is 360. The largest absolute Gasteiger partial charge is 0.349 e. The van der Waals surface area contributed by atoms with Crippen molar-refractivity contribution in [1.29, 1.82) is 0 Å². The number of carbonyl (C=O) groups is 1. The van der Waals surface area contributed by atoms with Crippen LogP contribution in [0.5, 0.6) is 0 Å². The van der Waals surface area contributed by atoms with Gasteiger partial charge in [-0.3, -0.25) is 4.79 Å². The number of amides is 1. The van der Waals surface area contributed by atoms with E-state index in [9.17, 15) is 4.79 Å². The molecule has 0 heterocycles. The maximum Gasteiger partial charge on any atom is 0.251 e. The van der Waals surface area contributed by atoms with Gasteiger partial charge in [-0.25, -0.2) is 0 Å². The minimum absolute atomic E-state index is 0.0699. The average Bonchev–Trinajstić information content (AvgIpc) is 3.03. The molecule has 0 saturated heterocycles. The highest BCUT2D eigenvalue weighted by atomic mass is 32.2.